The maximum absolute atomic E-state index is 14.2. The molecule has 4 nitrogen and oxygen atoms in total. The van der Waals surface area contributed by atoms with Crippen LogP contribution in [0.3, 0.4) is 0 Å². The zero-order valence-corrected chi connectivity index (χ0v) is 18.7. The van der Waals surface area contributed by atoms with Crippen LogP contribution in [0.15, 0.2) is 35.7 Å². The second-order valence-corrected chi connectivity index (χ2v) is 8.00. The Bertz CT molecular complexity index is 1130. The summed E-state index contributed by atoms with van der Waals surface area (Å²) in [6.07, 6.45) is -5.67. The van der Waals surface area contributed by atoms with E-state index < -0.39 is 58.5 Å². The van der Waals surface area contributed by atoms with E-state index in [9.17, 15) is 62.3 Å². The van der Waals surface area contributed by atoms with E-state index in [1.165, 1.54) is 37.3 Å². The molecule has 0 saturated heterocycles. The van der Waals surface area contributed by atoms with Crippen LogP contribution in [-0.2, 0) is 9.53 Å². The predicted octanol–water partition coefficient (Wildman–Crippen LogP) is 6.97. The molecule has 1 aromatic carbocycles. The smallest absolute Gasteiger partial charge is 0.393 e. The summed E-state index contributed by atoms with van der Waals surface area (Å²) in [5.41, 5.74) is -0.616. The highest BCUT2D eigenvalue weighted by atomic mass is 32.1. The number of esters is 1. The van der Waals surface area contributed by atoms with Crippen molar-refractivity contribution in [2.24, 2.45) is 0 Å². The van der Waals surface area contributed by atoms with Gasteiger partial charge in [0.15, 0.2) is 0 Å². The van der Waals surface area contributed by atoms with Crippen LogP contribution in [0.25, 0.3) is 11.1 Å². The molecule has 2 rings (SSSR count). The van der Waals surface area contributed by atoms with Gasteiger partial charge in [-0.1, -0.05) is 30.3 Å². The lowest BCUT2D eigenvalue weighted by Gasteiger charge is -2.38. The molecule has 206 valence electrons. The van der Waals surface area contributed by atoms with Crippen LogP contribution in [0.2, 0.25) is 0 Å². The van der Waals surface area contributed by atoms with Gasteiger partial charge in [-0.3, -0.25) is 4.79 Å². The second-order valence-electron chi connectivity index (χ2n) is 7.12. The van der Waals surface area contributed by atoms with E-state index in [1.54, 1.807) is 0 Å². The number of hydrogen-bond donors (Lipinski definition) is 1. The summed E-state index contributed by atoms with van der Waals surface area (Å²) in [4.78, 5) is 24.3. The highest BCUT2D eigenvalue weighted by Crippen LogP contribution is 2.58. The van der Waals surface area contributed by atoms with Crippen LogP contribution in [0.4, 0.5) is 57.7 Å². The SMILES string of the molecule is CCOC(=O)c1c(-c2ccccc2)csc1NC(=O)C(F)(F)C(F)(F)C(F)(F)C(F)(F)C(F)(F)C(F)F. The van der Waals surface area contributed by atoms with E-state index in [4.69, 9.17) is 0 Å². The molecule has 0 bridgehead atoms. The van der Waals surface area contributed by atoms with Crippen molar-refractivity contribution in [3.8, 4) is 11.1 Å². The number of benzene rings is 1. The van der Waals surface area contributed by atoms with Gasteiger partial charge in [-0.05, 0) is 12.5 Å². The summed E-state index contributed by atoms with van der Waals surface area (Å²) in [5.74, 6) is -42.0. The fraction of sp³-hybridized carbons (Fsp3) is 0.400. The van der Waals surface area contributed by atoms with E-state index in [0.29, 0.717) is 0 Å². The van der Waals surface area contributed by atoms with Crippen molar-refractivity contribution in [2.45, 2.75) is 43.0 Å². The molecule has 1 N–H and O–H groups in total. The number of ether oxygens (including phenoxy) is 1. The van der Waals surface area contributed by atoms with Gasteiger partial charge in [0.05, 0.1) is 6.61 Å². The number of hydrogen-bond acceptors (Lipinski definition) is 4. The van der Waals surface area contributed by atoms with Crippen LogP contribution in [0, 0.1) is 0 Å². The molecule has 0 unspecified atom stereocenters. The van der Waals surface area contributed by atoms with Crippen LogP contribution in [-0.4, -0.2) is 54.5 Å². The van der Waals surface area contributed by atoms with E-state index in [0.717, 1.165) is 10.7 Å². The Hall–Kier alpha value is -2.98. The topological polar surface area (TPSA) is 55.4 Å². The van der Waals surface area contributed by atoms with Gasteiger partial charge in [-0.15, -0.1) is 11.3 Å². The monoisotopic (exact) mass is 575 g/mol. The molecule has 2 aromatic rings. The first kappa shape index (κ1) is 30.2. The average molecular weight is 575 g/mol. The fourth-order valence-corrected chi connectivity index (χ4v) is 3.70. The first-order chi connectivity index (χ1) is 16.8. The minimum atomic E-state index is -7.87. The zero-order chi connectivity index (χ0) is 28.6. The number of nitrogens with one attached hydrogen (secondary N) is 1. The first-order valence-corrected chi connectivity index (χ1v) is 10.5. The van der Waals surface area contributed by atoms with Crippen molar-refractivity contribution in [3.05, 3.63) is 41.3 Å². The standard InChI is InChI=1S/C20H13F12NO3S/c1-2-36-13(34)11-10(9-6-4-3-5-7-9)8-37-12(11)33-15(35)17(25,26)19(29,30)20(31,32)18(27,28)16(23,24)14(21)22/h3-8,14H,2H2,1H3,(H,33,35). The van der Waals surface area contributed by atoms with E-state index in [-0.39, 0.29) is 29.1 Å². The number of rotatable bonds is 10. The lowest BCUT2D eigenvalue weighted by Crippen LogP contribution is -2.70. The molecule has 37 heavy (non-hydrogen) atoms. The molecule has 1 aromatic heterocycles. The highest BCUT2D eigenvalue weighted by Gasteiger charge is 2.89. The van der Waals surface area contributed by atoms with Gasteiger partial charge in [-0.2, -0.15) is 43.9 Å². The molecule has 0 saturated carbocycles. The summed E-state index contributed by atoms with van der Waals surface area (Å²) in [7, 11) is 0. The van der Waals surface area contributed by atoms with Gasteiger partial charge < -0.3 is 10.1 Å². The molecule has 1 amide bonds. The van der Waals surface area contributed by atoms with Crippen molar-refractivity contribution in [1.82, 2.24) is 0 Å². The van der Waals surface area contributed by atoms with E-state index >= 15 is 0 Å². The van der Waals surface area contributed by atoms with Crippen molar-refractivity contribution in [1.29, 1.82) is 0 Å². The van der Waals surface area contributed by atoms with Gasteiger partial charge in [0.25, 0.3) is 0 Å². The summed E-state index contributed by atoms with van der Waals surface area (Å²) in [6, 6.07) is 7.19. The molecule has 0 aliphatic carbocycles. The lowest BCUT2D eigenvalue weighted by atomic mass is 9.94. The van der Waals surface area contributed by atoms with Gasteiger partial charge in [0, 0.05) is 10.9 Å². The quantitative estimate of drug-likeness (QED) is 0.246. The molecule has 0 spiro atoms. The molecule has 0 fully saturated rings. The minimum Gasteiger partial charge on any atom is -0.462 e. The van der Waals surface area contributed by atoms with Crippen LogP contribution < -0.4 is 5.32 Å². The summed E-state index contributed by atoms with van der Waals surface area (Å²) >= 11 is 0.236. The van der Waals surface area contributed by atoms with Gasteiger partial charge in [0.1, 0.15) is 10.6 Å². The Morgan fingerprint density at radius 3 is 1.92 bits per heavy atom. The third-order valence-corrected chi connectivity index (χ3v) is 5.64. The molecule has 0 aliphatic rings. The van der Waals surface area contributed by atoms with E-state index in [1.807, 2.05) is 0 Å². The Labute approximate surface area is 203 Å². The number of carbonyl (C=O) groups excluding carboxylic acids is 2. The van der Waals surface area contributed by atoms with Gasteiger partial charge >= 0.3 is 47.9 Å². The molecule has 17 heteroatoms. The number of thiophene rings is 1. The molecule has 0 aliphatic heterocycles. The Morgan fingerprint density at radius 2 is 1.43 bits per heavy atom. The number of halogens is 12. The molecular weight excluding hydrogens is 562 g/mol. The molecule has 0 radical (unpaired) electrons. The van der Waals surface area contributed by atoms with Crippen LogP contribution in [0.1, 0.15) is 17.3 Å². The molecule has 1 heterocycles. The predicted molar refractivity (Wildman–Crippen MR) is 105 cm³/mol. The third kappa shape index (κ3) is 4.84. The largest absolute Gasteiger partial charge is 0.462 e. The normalized spacial score (nSPS) is 13.6. The summed E-state index contributed by atoms with van der Waals surface area (Å²) in [6.45, 7) is 0.987. The number of amides is 1. The summed E-state index contributed by atoms with van der Waals surface area (Å²) < 4.78 is 166. The van der Waals surface area contributed by atoms with Gasteiger partial charge in [0.2, 0.25) is 0 Å². The van der Waals surface area contributed by atoms with Crippen LogP contribution >= 0.6 is 11.3 Å². The Balaban J connectivity index is 2.53. The molecule has 0 atom stereocenters. The lowest BCUT2D eigenvalue weighted by molar-refractivity contribution is -0.406. The zero-order valence-electron chi connectivity index (χ0n) is 17.9. The second kappa shape index (κ2) is 10.1. The fourth-order valence-electron chi connectivity index (χ4n) is 2.75. The molecular formula is C20H13F12NO3S. The minimum absolute atomic E-state index is 0.108. The Kier molecular flexibility index (Phi) is 8.22. The third-order valence-electron chi connectivity index (χ3n) is 4.74. The highest BCUT2D eigenvalue weighted by molar-refractivity contribution is 7.15. The van der Waals surface area contributed by atoms with Crippen LogP contribution in [0.5, 0.6) is 0 Å². The first-order valence-electron chi connectivity index (χ1n) is 9.61. The van der Waals surface area contributed by atoms with Gasteiger partial charge in [-0.25, -0.2) is 13.6 Å². The maximum atomic E-state index is 14.2. The summed E-state index contributed by atoms with van der Waals surface area (Å²) in [5, 5.41) is 1.07. The maximum Gasteiger partial charge on any atom is 0.393 e. The number of carbonyl (C=O) groups is 2. The number of anilines is 1. The van der Waals surface area contributed by atoms with E-state index in [2.05, 4.69) is 4.74 Å². The van der Waals surface area contributed by atoms with Crippen molar-refractivity contribution in [2.75, 3.05) is 11.9 Å². The number of alkyl halides is 12. The van der Waals surface area contributed by atoms with Crippen molar-refractivity contribution < 1.29 is 67.0 Å². The van der Waals surface area contributed by atoms with Crippen molar-refractivity contribution >= 4 is 28.2 Å². The van der Waals surface area contributed by atoms with Crippen molar-refractivity contribution in [3.63, 3.8) is 0 Å². The average Bonchev–Trinajstić information content (AvgIpc) is 3.22. The Morgan fingerprint density at radius 1 is 0.892 bits per heavy atom.